The fraction of sp³-hybridized carbons (Fsp3) is 0.235. The number of ether oxygens (including phenoxy) is 1. The largest absolute Gasteiger partial charge is 0.457 e. The Morgan fingerprint density at radius 3 is 1.86 bits per heavy atom. The van der Waals surface area contributed by atoms with Gasteiger partial charge in [0.2, 0.25) is 0 Å². The highest BCUT2D eigenvalue weighted by Gasteiger charge is 2.71. The molecular weight excluding hydrogens is 283 g/mol. The standard InChI is InChI=1S/C17H15O3P/c18-16-12-17(20-16)11-15(17)21(19,13-7-3-1-4-8-13)14-9-5-2-6-10-14/h1-10,15H,11-12H2/t15-,17-/m1/s1. The summed E-state index contributed by atoms with van der Waals surface area (Å²) in [7, 11) is -2.78. The number of esters is 1. The second kappa shape index (κ2) is 4.32. The first-order chi connectivity index (χ1) is 10.2. The van der Waals surface area contributed by atoms with Gasteiger partial charge in [0.25, 0.3) is 0 Å². The Morgan fingerprint density at radius 1 is 0.952 bits per heavy atom. The number of rotatable bonds is 3. The van der Waals surface area contributed by atoms with Gasteiger partial charge < -0.3 is 9.30 Å². The molecule has 0 bridgehead atoms. The van der Waals surface area contributed by atoms with E-state index in [-0.39, 0.29) is 11.6 Å². The molecule has 2 fully saturated rings. The van der Waals surface area contributed by atoms with E-state index in [0.717, 1.165) is 10.6 Å². The van der Waals surface area contributed by atoms with E-state index in [9.17, 15) is 9.36 Å². The first-order valence-corrected chi connectivity index (χ1v) is 8.86. The van der Waals surface area contributed by atoms with Gasteiger partial charge in [0.15, 0.2) is 0 Å². The Hall–Kier alpha value is -1.86. The summed E-state index contributed by atoms with van der Waals surface area (Å²) in [5, 5.41) is 1.70. The van der Waals surface area contributed by atoms with E-state index >= 15 is 0 Å². The van der Waals surface area contributed by atoms with Crippen molar-refractivity contribution in [1.29, 1.82) is 0 Å². The molecule has 4 heteroatoms. The third-order valence-electron chi connectivity index (χ3n) is 4.47. The molecule has 2 atom stereocenters. The van der Waals surface area contributed by atoms with Crippen LogP contribution in [0.3, 0.4) is 0 Å². The molecule has 0 N–H and O–H groups in total. The summed E-state index contributed by atoms with van der Waals surface area (Å²) in [4.78, 5) is 11.2. The van der Waals surface area contributed by atoms with Gasteiger partial charge in [0.1, 0.15) is 12.7 Å². The molecule has 3 nitrogen and oxygen atoms in total. The summed E-state index contributed by atoms with van der Waals surface area (Å²) in [5.74, 6) is -0.176. The smallest absolute Gasteiger partial charge is 0.310 e. The molecule has 1 aliphatic carbocycles. The van der Waals surface area contributed by atoms with Crippen molar-refractivity contribution in [2.75, 3.05) is 0 Å². The number of carbonyl (C=O) groups is 1. The lowest BCUT2D eigenvalue weighted by atomic mass is 10.1. The molecule has 106 valence electrons. The molecule has 2 aromatic carbocycles. The zero-order chi connectivity index (χ0) is 14.5. The number of hydrogen-bond acceptors (Lipinski definition) is 3. The van der Waals surface area contributed by atoms with Crippen LogP contribution in [0, 0.1) is 0 Å². The van der Waals surface area contributed by atoms with E-state index in [1.165, 1.54) is 0 Å². The lowest BCUT2D eigenvalue weighted by Crippen LogP contribution is -2.39. The van der Waals surface area contributed by atoms with Crippen molar-refractivity contribution < 1.29 is 14.1 Å². The quantitative estimate of drug-likeness (QED) is 0.646. The minimum atomic E-state index is -2.78. The van der Waals surface area contributed by atoms with E-state index in [2.05, 4.69) is 0 Å². The third-order valence-corrected chi connectivity index (χ3v) is 8.13. The molecule has 1 heterocycles. The number of carbonyl (C=O) groups excluding carboxylic acids is 1. The van der Waals surface area contributed by atoms with Crippen LogP contribution < -0.4 is 10.6 Å². The maximum atomic E-state index is 13.9. The van der Waals surface area contributed by atoms with Gasteiger partial charge in [-0.25, -0.2) is 0 Å². The van der Waals surface area contributed by atoms with Crippen LogP contribution in [0.15, 0.2) is 60.7 Å². The molecule has 1 saturated heterocycles. The van der Waals surface area contributed by atoms with Crippen LogP contribution in [0.5, 0.6) is 0 Å². The van der Waals surface area contributed by atoms with Gasteiger partial charge in [-0.2, -0.15) is 0 Å². The van der Waals surface area contributed by atoms with Crippen LogP contribution in [0.1, 0.15) is 12.8 Å². The molecule has 1 saturated carbocycles. The minimum absolute atomic E-state index is 0.0764. The van der Waals surface area contributed by atoms with Gasteiger partial charge in [-0.05, 0) is 0 Å². The fourth-order valence-electron chi connectivity index (χ4n) is 3.30. The summed E-state index contributed by atoms with van der Waals surface area (Å²) in [6.45, 7) is 0. The summed E-state index contributed by atoms with van der Waals surface area (Å²) in [6, 6.07) is 19.1. The first-order valence-electron chi connectivity index (χ1n) is 7.08. The topological polar surface area (TPSA) is 43.4 Å². The molecule has 1 aliphatic heterocycles. The monoisotopic (exact) mass is 298 g/mol. The lowest BCUT2D eigenvalue weighted by molar-refractivity contribution is -0.173. The Kier molecular flexibility index (Phi) is 2.64. The van der Waals surface area contributed by atoms with E-state index < -0.39 is 12.7 Å². The molecule has 2 aliphatic rings. The first kappa shape index (κ1) is 12.8. The Balaban J connectivity index is 1.81. The zero-order valence-electron chi connectivity index (χ0n) is 11.4. The number of benzene rings is 2. The van der Waals surface area contributed by atoms with Crippen LogP contribution >= 0.6 is 7.14 Å². The molecule has 4 rings (SSSR count). The molecule has 2 aromatic rings. The van der Waals surface area contributed by atoms with Gasteiger partial charge in [0, 0.05) is 17.0 Å². The highest BCUT2D eigenvalue weighted by Crippen LogP contribution is 2.69. The molecule has 0 amide bonds. The van der Waals surface area contributed by atoms with Crippen molar-refractivity contribution in [1.82, 2.24) is 0 Å². The van der Waals surface area contributed by atoms with Gasteiger partial charge in [-0.3, -0.25) is 4.79 Å². The van der Waals surface area contributed by atoms with Crippen LogP contribution in [0.25, 0.3) is 0 Å². The van der Waals surface area contributed by atoms with Gasteiger partial charge in [0.05, 0.1) is 12.1 Å². The van der Waals surface area contributed by atoms with Crippen LogP contribution in [0.4, 0.5) is 0 Å². The predicted molar refractivity (Wildman–Crippen MR) is 81.6 cm³/mol. The van der Waals surface area contributed by atoms with Gasteiger partial charge >= 0.3 is 5.97 Å². The normalized spacial score (nSPS) is 27.0. The van der Waals surface area contributed by atoms with E-state index in [4.69, 9.17) is 4.74 Å². The van der Waals surface area contributed by atoms with Crippen molar-refractivity contribution in [3.8, 4) is 0 Å². The fourth-order valence-corrected chi connectivity index (χ4v) is 6.92. The maximum absolute atomic E-state index is 13.9. The molecule has 21 heavy (non-hydrogen) atoms. The maximum Gasteiger partial charge on any atom is 0.310 e. The van der Waals surface area contributed by atoms with E-state index in [1.54, 1.807) is 0 Å². The zero-order valence-corrected chi connectivity index (χ0v) is 12.3. The highest BCUT2D eigenvalue weighted by molar-refractivity contribution is 7.79. The SMILES string of the molecule is O=C1C[C@@]2(C[C@H]2P(=O)(c2ccccc2)c2ccccc2)O1. The second-order valence-corrected chi connectivity index (χ2v) is 8.74. The summed E-state index contributed by atoms with van der Waals surface area (Å²) >= 11 is 0. The average molecular weight is 298 g/mol. The van der Waals surface area contributed by atoms with Crippen LogP contribution in [-0.2, 0) is 14.1 Å². The Morgan fingerprint density at radius 2 is 1.43 bits per heavy atom. The molecule has 0 aromatic heterocycles. The van der Waals surface area contributed by atoms with Crippen molar-refractivity contribution >= 4 is 23.7 Å². The summed E-state index contributed by atoms with van der Waals surface area (Å²) in [5.41, 5.74) is -0.536. The minimum Gasteiger partial charge on any atom is -0.457 e. The van der Waals surface area contributed by atoms with Gasteiger partial charge in [-0.1, -0.05) is 60.7 Å². The Bertz CT molecular complexity index is 688. The lowest BCUT2D eigenvalue weighted by Gasteiger charge is -2.30. The van der Waals surface area contributed by atoms with Crippen molar-refractivity contribution in [2.24, 2.45) is 0 Å². The van der Waals surface area contributed by atoms with Crippen molar-refractivity contribution in [2.45, 2.75) is 24.1 Å². The molecule has 1 spiro atoms. The number of hydrogen-bond donors (Lipinski definition) is 0. The van der Waals surface area contributed by atoms with Gasteiger partial charge in [-0.15, -0.1) is 0 Å². The molecule has 0 radical (unpaired) electrons. The van der Waals surface area contributed by atoms with Crippen molar-refractivity contribution in [3.05, 3.63) is 60.7 Å². The molecular formula is C17H15O3P. The van der Waals surface area contributed by atoms with Crippen LogP contribution in [0.2, 0.25) is 0 Å². The summed E-state index contributed by atoms with van der Waals surface area (Å²) in [6.07, 6.45) is 1.11. The highest BCUT2D eigenvalue weighted by atomic mass is 31.2. The van der Waals surface area contributed by atoms with E-state index in [0.29, 0.717) is 12.8 Å². The Labute approximate surface area is 123 Å². The third kappa shape index (κ3) is 1.81. The van der Waals surface area contributed by atoms with Crippen LogP contribution in [-0.4, -0.2) is 17.2 Å². The van der Waals surface area contributed by atoms with Crippen molar-refractivity contribution in [3.63, 3.8) is 0 Å². The average Bonchev–Trinajstić information content (AvgIpc) is 3.24. The second-order valence-electron chi connectivity index (χ2n) is 5.76. The van der Waals surface area contributed by atoms with E-state index in [1.807, 2.05) is 60.7 Å². The predicted octanol–water partition coefficient (Wildman–Crippen LogP) is 2.46. The summed E-state index contributed by atoms with van der Waals surface area (Å²) < 4.78 is 19.2. The molecule has 0 unspecified atom stereocenters.